The van der Waals surface area contributed by atoms with Crippen molar-refractivity contribution < 1.29 is 18.0 Å². The Hall–Kier alpha value is -1.30. The minimum Gasteiger partial charge on any atom is -0.365 e. The fraction of sp³-hybridized carbons (Fsp3) is 0.143. The Morgan fingerprint density at radius 3 is 2.57 bits per heavy atom. The standard InChI is InChI=1S/C7H4ClF3N2O/c8-4-2(5(9)10)1-3(7(12)14)6(11)13-4/h1,5H,(H2,12,14). The summed E-state index contributed by atoms with van der Waals surface area (Å²) in [5.41, 5.74) is 3.30. The number of alkyl halides is 2. The molecule has 1 aromatic rings. The molecule has 2 N–H and O–H groups in total. The quantitative estimate of drug-likeness (QED) is 0.780. The highest BCUT2D eigenvalue weighted by Gasteiger charge is 2.19. The van der Waals surface area contributed by atoms with E-state index in [4.69, 9.17) is 17.3 Å². The van der Waals surface area contributed by atoms with Gasteiger partial charge in [-0.2, -0.15) is 4.39 Å². The number of pyridine rings is 1. The first-order valence-electron chi connectivity index (χ1n) is 3.37. The van der Waals surface area contributed by atoms with Crippen molar-refractivity contribution in [2.45, 2.75) is 6.43 Å². The third-order valence-corrected chi connectivity index (χ3v) is 1.76. The lowest BCUT2D eigenvalue weighted by atomic mass is 10.2. The van der Waals surface area contributed by atoms with Crippen molar-refractivity contribution in [3.8, 4) is 0 Å². The fourth-order valence-electron chi connectivity index (χ4n) is 0.811. The van der Waals surface area contributed by atoms with E-state index in [0.29, 0.717) is 6.07 Å². The normalized spacial score (nSPS) is 10.6. The Kier molecular flexibility index (Phi) is 2.95. The molecule has 0 saturated heterocycles. The molecule has 0 fully saturated rings. The minimum atomic E-state index is -2.94. The van der Waals surface area contributed by atoms with E-state index in [1.807, 2.05) is 0 Å². The third-order valence-electron chi connectivity index (χ3n) is 1.46. The number of rotatable bonds is 2. The van der Waals surface area contributed by atoms with E-state index in [1.54, 1.807) is 0 Å². The monoisotopic (exact) mass is 224 g/mol. The Bertz CT molecular complexity index is 383. The third kappa shape index (κ3) is 1.95. The number of amides is 1. The highest BCUT2D eigenvalue weighted by Crippen LogP contribution is 2.26. The maximum Gasteiger partial charge on any atom is 0.266 e. The number of aromatic nitrogens is 1. The number of nitrogens with zero attached hydrogens (tertiary/aromatic N) is 1. The van der Waals surface area contributed by atoms with Crippen LogP contribution in [0.1, 0.15) is 22.3 Å². The second kappa shape index (κ2) is 3.83. The molecule has 1 amide bonds. The van der Waals surface area contributed by atoms with Gasteiger partial charge in [-0.3, -0.25) is 4.79 Å². The van der Waals surface area contributed by atoms with E-state index in [0.717, 1.165) is 0 Å². The number of hydrogen-bond acceptors (Lipinski definition) is 2. The van der Waals surface area contributed by atoms with Crippen LogP contribution in [0.15, 0.2) is 6.07 Å². The van der Waals surface area contributed by atoms with Crippen LogP contribution >= 0.6 is 11.6 Å². The molecule has 0 aliphatic carbocycles. The van der Waals surface area contributed by atoms with Gasteiger partial charge in [-0.05, 0) is 6.07 Å². The molecule has 0 atom stereocenters. The summed E-state index contributed by atoms with van der Waals surface area (Å²) in [5.74, 6) is -2.43. The van der Waals surface area contributed by atoms with Crippen molar-refractivity contribution in [1.29, 1.82) is 0 Å². The smallest absolute Gasteiger partial charge is 0.266 e. The molecule has 0 aromatic carbocycles. The number of hydrogen-bond donors (Lipinski definition) is 1. The molecule has 0 bridgehead atoms. The first-order valence-corrected chi connectivity index (χ1v) is 3.75. The van der Waals surface area contributed by atoms with Crippen LogP contribution in [-0.4, -0.2) is 10.9 Å². The van der Waals surface area contributed by atoms with Crippen LogP contribution in [0.2, 0.25) is 5.15 Å². The molecule has 3 nitrogen and oxygen atoms in total. The van der Waals surface area contributed by atoms with Crippen LogP contribution in [0.3, 0.4) is 0 Å². The second-order valence-electron chi connectivity index (χ2n) is 2.37. The highest BCUT2D eigenvalue weighted by molar-refractivity contribution is 6.30. The lowest BCUT2D eigenvalue weighted by Gasteiger charge is -2.04. The Labute approximate surface area is 81.7 Å². The van der Waals surface area contributed by atoms with Gasteiger partial charge in [0.1, 0.15) is 5.15 Å². The van der Waals surface area contributed by atoms with Gasteiger partial charge in [0.15, 0.2) is 0 Å². The molecule has 14 heavy (non-hydrogen) atoms. The summed E-state index contributed by atoms with van der Waals surface area (Å²) >= 11 is 5.22. The molecular weight excluding hydrogens is 221 g/mol. The Balaban J connectivity index is 3.34. The topological polar surface area (TPSA) is 56.0 Å². The highest BCUT2D eigenvalue weighted by atomic mass is 35.5. The zero-order valence-corrected chi connectivity index (χ0v) is 7.36. The summed E-state index contributed by atoms with van der Waals surface area (Å²) in [6.45, 7) is 0. The summed E-state index contributed by atoms with van der Waals surface area (Å²) in [6.07, 6.45) is -2.94. The van der Waals surface area contributed by atoms with Crippen molar-refractivity contribution in [3.63, 3.8) is 0 Å². The number of carbonyl (C=O) groups excluding carboxylic acids is 1. The largest absolute Gasteiger partial charge is 0.365 e. The zero-order valence-electron chi connectivity index (χ0n) is 6.60. The van der Waals surface area contributed by atoms with E-state index in [-0.39, 0.29) is 0 Å². The molecule has 1 rings (SSSR count). The Morgan fingerprint density at radius 2 is 2.14 bits per heavy atom. The van der Waals surface area contributed by atoms with Crippen molar-refractivity contribution in [2.75, 3.05) is 0 Å². The van der Waals surface area contributed by atoms with Gasteiger partial charge >= 0.3 is 0 Å². The lowest BCUT2D eigenvalue weighted by Crippen LogP contribution is -2.15. The van der Waals surface area contributed by atoms with Crippen molar-refractivity contribution in [2.24, 2.45) is 5.73 Å². The molecular formula is C7H4ClF3N2O. The van der Waals surface area contributed by atoms with Gasteiger partial charge in [0.25, 0.3) is 12.3 Å². The predicted molar refractivity (Wildman–Crippen MR) is 42.7 cm³/mol. The van der Waals surface area contributed by atoms with E-state index >= 15 is 0 Å². The van der Waals surface area contributed by atoms with Crippen LogP contribution in [0.4, 0.5) is 13.2 Å². The van der Waals surface area contributed by atoms with E-state index < -0.39 is 34.6 Å². The fourth-order valence-corrected chi connectivity index (χ4v) is 1.02. The molecule has 76 valence electrons. The van der Waals surface area contributed by atoms with Gasteiger partial charge in [0, 0.05) is 0 Å². The lowest BCUT2D eigenvalue weighted by molar-refractivity contribution is 0.0995. The second-order valence-corrected chi connectivity index (χ2v) is 2.73. The molecule has 7 heteroatoms. The van der Waals surface area contributed by atoms with Crippen LogP contribution in [0.5, 0.6) is 0 Å². The first kappa shape index (κ1) is 10.8. The summed E-state index contributed by atoms with van der Waals surface area (Å²) in [5, 5.41) is -0.678. The van der Waals surface area contributed by atoms with Crippen LogP contribution < -0.4 is 5.73 Å². The van der Waals surface area contributed by atoms with Gasteiger partial charge in [-0.25, -0.2) is 13.8 Å². The van der Waals surface area contributed by atoms with Gasteiger partial charge in [0.2, 0.25) is 5.95 Å². The van der Waals surface area contributed by atoms with Gasteiger partial charge < -0.3 is 5.73 Å². The van der Waals surface area contributed by atoms with Crippen molar-refractivity contribution >= 4 is 17.5 Å². The molecule has 0 unspecified atom stereocenters. The van der Waals surface area contributed by atoms with Crippen LogP contribution in [-0.2, 0) is 0 Å². The summed E-state index contributed by atoms with van der Waals surface area (Å²) in [7, 11) is 0. The number of nitrogens with two attached hydrogens (primary N) is 1. The summed E-state index contributed by atoms with van der Waals surface area (Å²) in [6, 6.07) is 0.595. The predicted octanol–water partition coefficient (Wildman–Crippen LogP) is 1.91. The van der Waals surface area contributed by atoms with E-state index in [2.05, 4.69) is 4.98 Å². The molecule has 1 heterocycles. The summed E-state index contributed by atoms with van der Waals surface area (Å²) < 4.78 is 37.2. The van der Waals surface area contributed by atoms with Crippen LogP contribution in [0.25, 0.3) is 0 Å². The molecule has 1 aromatic heterocycles. The zero-order chi connectivity index (χ0) is 10.9. The number of carbonyl (C=O) groups is 1. The number of primary amides is 1. The average Bonchev–Trinajstić information content (AvgIpc) is 2.02. The first-order chi connectivity index (χ1) is 6.43. The molecule has 0 aliphatic rings. The molecule has 0 spiro atoms. The van der Waals surface area contributed by atoms with E-state index in [9.17, 15) is 18.0 Å². The molecule has 0 saturated carbocycles. The van der Waals surface area contributed by atoms with Gasteiger partial charge in [-0.15, -0.1) is 0 Å². The summed E-state index contributed by atoms with van der Waals surface area (Å²) in [4.78, 5) is 13.5. The van der Waals surface area contributed by atoms with Crippen molar-refractivity contribution in [1.82, 2.24) is 4.98 Å². The van der Waals surface area contributed by atoms with Crippen LogP contribution in [0, 0.1) is 5.95 Å². The van der Waals surface area contributed by atoms with Crippen molar-refractivity contribution in [3.05, 3.63) is 28.3 Å². The number of halogens is 4. The molecule has 0 aliphatic heterocycles. The maximum atomic E-state index is 12.8. The van der Waals surface area contributed by atoms with E-state index in [1.165, 1.54) is 0 Å². The maximum absolute atomic E-state index is 12.8. The van der Waals surface area contributed by atoms with Gasteiger partial charge in [0.05, 0.1) is 11.1 Å². The van der Waals surface area contributed by atoms with Gasteiger partial charge in [-0.1, -0.05) is 11.6 Å². The average molecular weight is 225 g/mol. The minimum absolute atomic E-state index is 0.595. The molecule has 0 radical (unpaired) electrons. The Morgan fingerprint density at radius 1 is 1.57 bits per heavy atom. The SMILES string of the molecule is NC(=O)c1cc(C(F)F)c(Cl)nc1F.